The summed E-state index contributed by atoms with van der Waals surface area (Å²) in [6, 6.07) is -0.291. The molecule has 27 heavy (non-hydrogen) atoms. The van der Waals surface area contributed by atoms with Crippen LogP contribution in [-0.2, 0) is 23.8 Å². The van der Waals surface area contributed by atoms with Crippen molar-refractivity contribution >= 4 is 18.0 Å². The molecule has 1 aliphatic heterocycles. The Morgan fingerprint density at radius 1 is 1.00 bits per heavy atom. The van der Waals surface area contributed by atoms with E-state index in [4.69, 9.17) is 14.2 Å². The second kappa shape index (κ2) is 10.5. The van der Waals surface area contributed by atoms with Crippen molar-refractivity contribution in [1.29, 1.82) is 0 Å². The molecule has 0 spiro atoms. The van der Waals surface area contributed by atoms with Crippen molar-refractivity contribution in [1.82, 2.24) is 4.90 Å². The van der Waals surface area contributed by atoms with Gasteiger partial charge >= 0.3 is 18.0 Å². The SMILES string of the molecule is CCOC(=O)C(C(=O)OCC)C(C)C1CCCCCN1C(=O)OC(C)(C)C. The van der Waals surface area contributed by atoms with E-state index in [-0.39, 0.29) is 19.3 Å². The van der Waals surface area contributed by atoms with Crippen molar-refractivity contribution < 1.29 is 28.6 Å². The Morgan fingerprint density at radius 2 is 1.56 bits per heavy atom. The second-order valence-corrected chi connectivity index (χ2v) is 7.93. The van der Waals surface area contributed by atoms with Gasteiger partial charge in [0.25, 0.3) is 0 Å². The van der Waals surface area contributed by atoms with Gasteiger partial charge in [0.05, 0.1) is 13.2 Å². The summed E-state index contributed by atoms with van der Waals surface area (Å²) in [5, 5.41) is 0. The summed E-state index contributed by atoms with van der Waals surface area (Å²) < 4.78 is 15.8. The highest BCUT2D eigenvalue weighted by Gasteiger charge is 2.43. The summed E-state index contributed by atoms with van der Waals surface area (Å²) in [6.07, 6.45) is 3.08. The van der Waals surface area contributed by atoms with Crippen molar-refractivity contribution in [2.75, 3.05) is 19.8 Å². The number of hydrogen-bond acceptors (Lipinski definition) is 6. The monoisotopic (exact) mass is 385 g/mol. The lowest BCUT2D eigenvalue weighted by Crippen LogP contribution is -2.50. The Morgan fingerprint density at radius 3 is 2.04 bits per heavy atom. The molecule has 1 saturated heterocycles. The van der Waals surface area contributed by atoms with E-state index in [2.05, 4.69) is 0 Å². The zero-order chi connectivity index (χ0) is 20.6. The molecule has 1 rings (SSSR count). The zero-order valence-corrected chi connectivity index (χ0v) is 17.6. The maximum absolute atomic E-state index is 12.8. The van der Waals surface area contributed by atoms with Crippen LogP contribution >= 0.6 is 0 Å². The van der Waals surface area contributed by atoms with Crippen LogP contribution in [0.25, 0.3) is 0 Å². The molecular weight excluding hydrogens is 350 g/mol. The molecule has 2 unspecified atom stereocenters. The van der Waals surface area contributed by atoms with Crippen LogP contribution in [0.2, 0.25) is 0 Å². The molecule has 7 heteroatoms. The van der Waals surface area contributed by atoms with Gasteiger partial charge in [-0.1, -0.05) is 19.8 Å². The lowest BCUT2D eigenvalue weighted by Gasteiger charge is -2.37. The summed E-state index contributed by atoms with van der Waals surface area (Å²) in [5.74, 6) is -2.69. The third-order valence-electron chi connectivity index (χ3n) is 4.64. The van der Waals surface area contributed by atoms with E-state index in [1.807, 2.05) is 27.7 Å². The summed E-state index contributed by atoms with van der Waals surface area (Å²) >= 11 is 0. The van der Waals surface area contributed by atoms with Gasteiger partial charge in [-0.15, -0.1) is 0 Å². The third kappa shape index (κ3) is 7.03. The largest absolute Gasteiger partial charge is 0.465 e. The number of nitrogens with zero attached hydrogens (tertiary/aromatic N) is 1. The number of hydrogen-bond donors (Lipinski definition) is 0. The lowest BCUT2D eigenvalue weighted by atomic mass is 9.84. The maximum Gasteiger partial charge on any atom is 0.410 e. The second-order valence-electron chi connectivity index (χ2n) is 7.93. The lowest BCUT2D eigenvalue weighted by molar-refractivity contribution is -0.165. The first kappa shape index (κ1) is 23.2. The van der Waals surface area contributed by atoms with Crippen LogP contribution in [-0.4, -0.2) is 54.3 Å². The number of amides is 1. The summed E-state index contributed by atoms with van der Waals surface area (Å²) in [4.78, 5) is 39.4. The first-order chi connectivity index (χ1) is 12.6. The Hall–Kier alpha value is -1.79. The molecule has 0 aliphatic carbocycles. The first-order valence-corrected chi connectivity index (χ1v) is 9.95. The Bertz CT molecular complexity index is 495. The van der Waals surface area contributed by atoms with E-state index in [1.165, 1.54) is 0 Å². The van der Waals surface area contributed by atoms with Crippen LogP contribution in [0.15, 0.2) is 0 Å². The molecule has 1 aliphatic rings. The fourth-order valence-electron chi connectivity index (χ4n) is 3.44. The van der Waals surface area contributed by atoms with Crippen LogP contribution in [0.4, 0.5) is 4.79 Å². The predicted molar refractivity (Wildman–Crippen MR) is 101 cm³/mol. The molecule has 0 radical (unpaired) electrons. The van der Waals surface area contributed by atoms with Gasteiger partial charge in [-0.05, 0) is 47.5 Å². The molecule has 1 fully saturated rings. The van der Waals surface area contributed by atoms with Crippen molar-refractivity contribution in [3.8, 4) is 0 Å². The number of carbonyl (C=O) groups is 3. The Labute approximate surface area is 162 Å². The van der Waals surface area contributed by atoms with Crippen molar-refractivity contribution in [3.05, 3.63) is 0 Å². The van der Waals surface area contributed by atoms with Gasteiger partial charge in [-0.2, -0.15) is 0 Å². The standard InChI is InChI=1S/C20H35NO6/c1-7-25-17(22)16(18(23)26-8-2)14(3)15-12-10-9-11-13-21(15)19(24)27-20(4,5)6/h14-16H,7-13H2,1-6H3. The number of ether oxygens (including phenoxy) is 3. The minimum atomic E-state index is -1.06. The fourth-order valence-corrected chi connectivity index (χ4v) is 3.44. The molecular formula is C20H35NO6. The Kier molecular flexibility index (Phi) is 9.06. The first-order valence-electron chi connectivity index (χ1n) is 9.95. The number of carbonyl (C=O) groups excluding carboxylic acids is 3. The zero-order valence-electron chi connectivity index (χ0n) is 17.6. The van der Waals surface area contributed by atoms with Crippen LogP contribution in [0.3, 0.4) is 0 Å². The minimum absolute atomic E-state index is 0.182. The van der Waals surface area contributed by atoms with E-state index in [0.717, 1.165) is 19.3 Å². The van der Waals surface area contributed by atoms with Crippen molar-refractivity contribution in [2.24, 2.45) is 11.8 Å². The van der Waals surface area contributed by atoms with E-state index < -0.39 is 35.5 Å². The van der Waals surface area contributed by atoms with E-state index in [1.54, 1.807) is 18.7 Å². The summed E-state index contributed by atoms with van der Waals surface area (Å²) in [5.41, 5.74) is -0.612. The van der Waals surface area contributed by atoms with E-state index >= 15 is 0 Å². The molecule has 0 bridgehead atoms. The average Bonchev–Trinajstić information content (AvgIpc) is 2.79. The van der Waals surface area contributed by atoms with E-state index in [0.29, 0.717) is 13.0 Å². The molecule has 0 saturated carbocycles. The third-order valence-corrected chi connectivity index (χ3v) is 4.64. The number of esters is 2. The van der Waals surface area contributed by atoms with E-state index in [9.17, 15) is 14.4 Å². The maximum atomic E-state index is 12.8. The molecule has 0 aromatic heterocycles. The topological polar surface area (TPSA) is 82.1 Å². The molecule has 156 valence electrons. The van der Waals surface area contributed by atoms with Gasteiger partial charge in [0.2, 0.25) is 0 Å². The Balaban J connectivity index is 3.12. The molecule has 2 atom stereocenters. The van der Waals surface area contributed by atoms with Gasteiger partial charge < -0.3 is 19.1 Å². The predicted octanol–water partition coefficient (Wildman–Crippen LogP) is 3.54. The van der Waals surface area contributed by atoms with Gasteiger partial charge in [-0.3, -0.25) is 9.59 Å². The molecule has 1 amide bonds. The van der Waals surface area contributed by atoms with Crippen LogP contribution in [0.5, 0.6) is 0 Å². The normalized spacial score (nSPS) is 19.2. The van der Waals surface area contributed by atoms with Crippen molar-refractivity contribution in [2.45, 2.75) is 78.9 Å². The van der Waals surface area contributed by atoms with Crippen molar-refractivity contribution in [3.63, 3.8) is 0 Å². The number of likely N-dealkylation sites (tertiary alicyclic amines) is 1. The molecule has 1 heterocycles. The van der Waals surface area contributed by atoms with Crippen LogP contribution in [0, 0.1) is 11.8 Å². The average molecular weight is 386 g/mol. The van der Waals surface area contributed by atoms with Gasteiger partial charge in [0, 0.05) is 18.5 Å². The molecule has 0 N–H and O–H groups in total. The quantitative estimate of drug-likeness (QED) is 0.395. The minimum Gasteiger partial charge on any atom is -0.465 e. The highest BCUT2D eigenvalue weighted by atomic mass is 16.6. The summed E-state index contributed by atoms with van der Waals surface area (Å²) in [7, 11) is 0. The highest BCUT2D eigenvalue weighted by molar-refractivity contribution is 5.95. The fraction of sp³-hybridized carbons (Fsp3) is 0.850. The van der Waals surface area contributed by atoms with Gasteiger partial charge in [-0.25, -0.2) is 4.79 Å². The van der Waals surface area contributed by atoms with Gasteiger partial charge in [0.1, 0.15) is 5.60 Å². The number of rotatable bonds is 6. The smallest absolute Gasteiger partial charge is 0.410 e. The van der Waals surface area contributed by atoms with Gasteiger partial charge in [0.15, 0.2) is 5.92 Å². The molecule has 0 aromatic carbocycles. The van der Waals surface area contributed by atoms with Crippen LogP contribution < -0.4 is 0 Å². The van der Waals surface area contributed by atoms with Crippen LogP contribution in [0.1, 0.15) is 67.2 Å². The molecule has 7 nitrogen and oxygen atoms in total. The highest BCUT2D eigenvalue weighted by Crippen LogP contribution is 2.30. The summed E-state index contributed by atoms with van der Waals surface area (Å²) in [6.45, 7) is 11.6. The molecule has 0 aromatic rings.